The first-order chi connectivity index (χ1) is 15.3. The third-order valence-electron chi connectivity index (χ3n) is 7.57. The third kappa shape index (κ3) is 3.53. The van der Waals surface area contributed by atoms with Crippen molar-refractivity contribution >= 4 is 17.8 Å². The first-order valence-corrected chi connectivity index (χ1v) is 11.3. The lowest BCUT2D eigenvalue weighted by molar-refractivity contribution is -0.156. The summed E-state index contributed by atoms with van der Waals surface area (Å²) in [5.74, 6) is -3.72. The van der Waals surface area contributed by atoms with Crippen LogP contribution in [-0.4, -0.2) is 119 Å². The quantitative estimate of drug-likeness (QED) is 0.436. The van der Waals surface area contributed by atoms with Crippen molar-refractivity contribution in [2.75, 3.05) is 59.1 Å². The standard InChI is InChI=1S/C22H33N3O7/c1-3-6-24(8-7-23-10-13-31-14-11-23)19(28)17-22-5-4-21(2,32-22)16(20(29)30)15(22)18(27)25(17)9-12-26/h3,15-17,26H,1,4-14H2,2H3,(H,29,30)/t15-,16-,17?,21+,22?/m0/s1. The number of rotatable bonds is 9. The molecule has 0 saturated carbocycles. The number of fused-ring (bicyclic) bond motifs is 1. The van der Waals surface area contributed by atoms with Crippen LogP contribution in [0.15, 0.2) is 12.7 Å². The van der Waals surface area contributed by atoms with Crippen LogP contribution in [0.25, 0.3) is 0 Å². The highest BCUT2D eigenvalue weighted by Gasteiger charge is 2.78. The maximum Gasteiger partial charge on any atom is 0.310 e. The number of carbonyl (C=O) groups is 3. The molecular weight excluding hydrogens is 418 g/mol. The third-order valence-corrected chi connectivity index (χ3v) is 7.57. The average Bonchev–Trinajstić information content (AvgIpc) is 3.33. The summed E-state index contributed by atoms with van der Waals surface area (Å²) in [7, 11) is 0. The maximum atomic E-state index is 13.9. The number of nitrogens with zero attached hydrogens (tertiary/aromatic N) is 3. The van der Waals surface area contributed by atoms with E-state index in [2.05, 4.69) is 11.5 Å². The normalized spacial score (nSPS) is 36.4. The highest BCUT2D eigenvalue weighted by Crippen LogP contribution is 2.63. The molecule has 2 amide bonds. The number of hydrogen-bond acceptors (Lipinski definition) is 7. The van der Waals surface area contributed by atoms with Crippen LogP contribution in [0.3, 0.4) is 0 Å². The van der Waals surface area contributed by atoms with Crippen LogP contribution in [0, 0.1) is 11.8 Å². The van der Waals surface area contributed by atoms with Gasteiger partial charge in [-0.3, -0.25) is 19.3 Å². The van der Waals surface area contributed by atoms with Gasteiger partial charge in [0.15, 0.2) is 0 Å². The summed E-state index contributed by atoms with van der Waals surface area (Å²) in [6.07, 6.45) is 2.56. The highest BCUT2D eigenvalue weighted by molar-refractivity contribution is 5.98. The molecule has 32 heavy (non-hydrogen) atoms. The Morgan fingerprint density at radius 1 is 1.28 bits per heavy atom. The minimum absolute atomic E-state index is 0.0364. The van der Waals surface area contributed by atoms with Gasteiger partial charge in [0, 0.05) is 39.3 Å². The van der Waals surface area contributed by atoms with Gasteiger partial charge in [0.05, 0.1) is 37.3 Å². The van der Waals surface area contributed by atoms with Crippen LogP contribution >= 0.6 is 0 Å². The first-order valence-electron chi connectivity index (χ1n) is 11.3. The molecular formula is C22H33N3O7. The zero-order valence-corrected chi connectivity index (χ0v) is 18.6. The Kier molecular flexibility index (Phi) is 6.32. The molecule has 5 atom stereocenters. The number of likely N-dealkylation sites (tertiary alicyclic amines) is 1. The van der Waals surface area contributed by atoms with Crippen molar-refractivity contribution in [1.82, 2.24) is 14.7 Å². The van der Waals surface area contributed by atoms with Crippen LogP contribution in [-0.2, 0) is 23.9 Å². The van der Waals surface area contributed by atoms with Crippen molar-refractivity contribution in [1.29, 1.82) is 0 Å². The molecule has 4 aliphatic rings. The number of aliphatic hydroxyl groups is 1. The van der Waals surface area contributed by atoms with Gasteiger partial charge in [-0.15, -0.1) is 6.58 Å². The number of aliphatic carboxylic acids is 1. The molecule has 10 heteroatoms. The van der Waals surface area contributed by atoms with Crippen molar-refractivity contribution in [2.45, 2.75) is 37.0 Å². The number of carbonyl (C=O) groups excluding carboxylic acids is 2. The van der Waals surface area contributed by atoms with Gasteiger partial charge in [-0.05, 0) is 19.8 Å². The molecule has 4 saturated heterocycles. The van der Waals surface area contributed by atoms with Gasteiger partial charge in [-0.2, -0.15) is 0 Å². The predicted octanol–water partition coefficient (Wildman–Crippen LogP) is -0.825. The Bertz CT molecular complexity index is 785. The van der Waals surface area contributed by atoms with Crippen LogP contribution in [0.4, 0.5) is 0 Å². The van der Waals surface area contributed by atoms with Gasteiger partial charge < -0.3 is 29.5 Å². The van der Waals surface area contributed by atoms with Crippen LogP contribution in [0.1, 0.15) is 19.8 Å². The number of amides is 2. The van der Waals surface area contributed by atoms with Crippen molar-refractivity contribution in [2.24, 2.45) is 11.8 Å². The van der Waals surface area contributed by atoms with Gasteiger partial charge in [-0.1, -0.05) is 6.08 Å². The number of carboxylic acids is 1. The maximum absolute atomic E-state index is 13.9. The van der Waals surface area contributed by atoms with Crippen molar-refractivity contribution < 1.29 is 34.1 Å². The zero-order valence-electron chi connectivity index (χ0n) is 18.6. The van der Waals surface area contributed by atoms with Gasteiger partial charge >= 0.3 is 5.97 Å². The zero-order chi connectivity index (χ0) is 23.1. The van der Waals surface area contributed by atoms with E-state index in [-0.39, 0.29) is 19.1 Å². The minimum atomic E-state index is -1.18. The predicted molar refractivity (Wildman–Crippen MR) is 113 cm³/mol. The lowest BCUT2D eigenvalue weighted by atomic mass is 9.66. The molecule has 2 unspecified atom stereocenters. The molecule has 4 aliphatic heterocycles. The Morgan fingerprint density at radius 2 is 2.00 bits per heavy atom. The number of ether oxygens (including phenoxy) is 2. The Morgan fingerprint density at radius 3 is 2.62 bits per heavy atom. The summed E-state index contributed by atoms with van der Waals surface area (Å²) >= 11 is 0. The van der Waals surface area contributed by atoms with E-state index < -0.39 is 41.0 Å². The smallest absolute Gasteiger partial charge is 0.310 e. The Hall–Kier alpha value is -2.01. The summed E-state index contributed by atoms with van der Waals surface area (Å²) in [6.45, 7) is 9.47. The molecule has 0 aromatic carbocycles. The molecule has 4 fully saturated rings. The fourth-order valence-corrected chi connectivity index (χ4v) is 6.14. The van der Waals surface area contributed by atoms with Crippen LogP contribution in [0.5, 0.6) is 0 Å². The van der Waals surface area contributed by atoms with Gasteiger partial charge in [0.1, 0.15) is 11.6 Å². The van der Waals surface area contributed by atoms with E-state index in [1.54, 1.807) is 17.9 Å². The lowest BCUT2D eigenvalue weighted by Gasteiger charge is -2.37. The second kappa shape index (κ2) is 8.74. The Balaban J connectivity index is 1.62. The summed E-state index contributed by atoms with van der Waals surface area (Å²) in [5, 5.41) is 19.5. The van der Waals surface area contributed by atoms with Crippen LogP contribution in [0.2, 0.25) is 0 Å². The highest BCUT2D eigenvalue weighted by atomic mass is 16.5. The average molecular weight is 452 g/mol. The van der Waals surface area contributed by atoms with E-state index in [1.807, 2.05) is 0 Å². The lowest BCUT2D eigenvalue weighted by Crippen LogP contribution is -2.57. The molecule has 0 aromatic rings. The molecule has 1 spiro atoms. The molecule has 0 aromatic heterocycles. The van der Waals surface area contributed by atoms with E-state index in [1.165, 1.54) is 4.90 Å². The largest absolute Gasteiger partial charge is 0.481 e. The molecule has 2 bridgehead atoms. The number of carboxylic acid groups (broad SMARTS) is 1. The summed E-state index contributed by atoms with van der Waals surface area (Å²) in [4.78, 5) is 44.6. The number of β-amino-alcohol motifs (C(OH)–C–C–N with tert-alkyl or cyclic N) is 1. The molecule has 10 nitrogen and oxygen atoms in total. The van der Waals surface area contributed by atoms with E-state index in [0.717, 1.165) is 13.1 Å². The molecule has 0 aliphatic carbocycles. The second-order valence-electron chi connectivity index (χ2n) is 9.35. The van der Waals surface area contributed by atoms with Gasteiger partial charge in [0.2, 0.25) is 11.8 Å². The molecule has 4 rings (SSSR count). The van der Waals surface area contributed by atoms with E-state index in [0.29, 0.717) is 45.7 Å². The molecule has 178 valence electrons. The van der Waals surface area contributed by atoms with Crippen molar-refractivity contribution in [3.8, 4) is 0 Å². The van der Waals surface area contributed by atoms with E-state index in [4.69, 9.17) is 9.47 Å². The fourth-order valence-electron chi connectivity index (χ4n) is 6.14. The summed E-state index contributed by atoms with van der Waals surface area (Å²) < 4.78 is 11.7. The Labute approximate surface area is 187 Å². The fraction of sp³-hybridized carbons (Fsp3) is 0.773. The van der Waals surface area contributed by atoms with E-state index >= 15 is 0 Å². The van der Waals surface area contributed by atoms with Crippen molar-refractivity contribution in [3.05, 3.63) is 12.7 Å². The number of aliphatic hydroxyl groups excluding tert-OH is 1. The molecule has 4 heterocycles. The minimum Gasteiger partial charge on any atom is -0.481 e. The van der Waals surface area contributed by atoms with Gasteiger partial charge in [-0.25, -0.2) is 0 Å². The van der Waals surface area contributed by atoms with Crippen LogP contribution < -0.4 is 0 Å². The summed E-state index contributed by atoms with van der Waals surface area (Å²) in [6, 6.07) is -0.956. The van der Waals surface area contributed by atoms with Gasteiger partial charge in [0.25, 0.3) is 0 Å². The molecule has 2 N–H and O–H groups in total. The number of hydrogen-bond donors (Lipinski definition) is 2. The SMILES string of the molecule is C=CCN(CCN1CCOCC1)C(=O)C1N(CCO)C(=O)[C@@H]2[C@@H](C(=O)O)[C@@]3(C)CCC12O3. The summed E-state index contributed by atoms with van der Waals surface area (Å²) in [5.41, 5.74) is -2.16. The topological polar surface area (TPSA) is 120 Å². The molecule has 0 radical (unpaired) electrons. The first kappa shape index (κ1) is 23.2. The monoisotopic (exact) mass is 451 g/mol. The number of morpholine rings is 1. The van der Waals surface area contributed by atoms with Crippen molar-refractivity contribution in [3.63, 3.8) is 0 Å². The van der Waals surface area contributed by atoms with E-state index in [9.17, 15) is 24.6 Å². The second-order valence-corrected chi connectivity index (χ2v) is 9.35.